The van der Waals surface area contributed by atoms with E-state index in [0.29, 0.717) is 17.5 Å². The van der Waals surface area contributed by atoms with E-state index < -0.39 is 0 Å². The lowest BCUT2D eigenvalue weighted by atomic mass is 9.95. The Labute approximate surface area is 107 Å². The molecule has 18 heavy (non-hydrogen) atoms. The summed E-state index contributed by atoms with van der Waals surface area (Å²) in [6, 6.07) is 5.83. The first-order valence-electron chi connectivity index (χ1n) is 5.94. The fourth-order valence-electron chi connectivity index (χ4n) is 2.01. The van der Waals surface area contributed by atoms with Crippen molar-refractivity contribution in [1.29, 1.82) is 0 Å². The van der Waals surface area contributed by atoms with Crippen molar-refractivity contribution in [2.45, 2.75) is 26.7 Å². The maximum absolute atomic E-state index is 5.59. The number of anilines is 1. The summed E-state index contributed by atoms with van der Waals surface area (Å²) < 4.78 is 10.6. The van der Waals surface area contributed by atoms with Gasteiger partial charge in [0.15, 0.2) is 11.6 Å². The van der Waals surface area contributed by atoms with Crippen molar-refractivity contribution in [3.63, 3.8) is 0 Å². The summed E-state index contributed by atoms with van der Waals surface area (Å²) in [7, 11) is 1.69. The minimum atomic E-state index is 0.375. The van der Waals surface area contributed by atoms with E-state index in [1.165, 1.54) is 0 Å². The van der Waals surface area contributed by atoms with Gasteiger partial charge in [0.1, 0.15) is 5.75 Å². The van der Waals surface area contributed by atoms with Crippen LogP contribution in [0.3, 0.4) is 0 Å². The molecule has 2 N–H and O–H groups in total. The molecule has 2 aromatic rings. The zero-order valence-corrected chi connectivity index (χ0v) is 11.2. The topological polar surface area (TPSA) is 61.3 Å². The second-order valence-corrected chi connectivity index (χ2v) is 4.68. The molecule has 1 aromatic carbocycles. The molecule has 4 nitrogen and oxygen atoms in total. The molecule has 0 radical (unpaired) electrons. The number of aryl methyl sites for hydroxylation is 1. The third-order valence-corrected chi connectivity index (χ3v) is 2.99. The van der Waals surface area contributed by atoms with Crippen molar-refractivity contribution < 1.29 is 9.26 Å². The fourth-order valence-corrected chi connectivity index (χ4v) is 2.01. The van der Waals surface area contributed by atoms with Crippen LogP contribution in [0.1, 0.15) is 30.9 Å². The Morgan fingerprint density at radius 1 is 1.28 bits per heavy atom. The molecule has 0 amide bonds. The largest absolute Gasteiger partial charge is 0.496 e. The van der Waals surface area contributed by atoms with Gasteiger partial charge in [-0.3, -0.25) is 0 Å². The highest BCUT2D eigenvalue weighted by Crippen LogP contribution is 2.34. The molecule has 96 valence electrons. The molecule has 2 rings (SSSR count). The summed E-state index contributed by atoms with van der Waals surface area (Å²) in [5.74, 6) is 2.36. The van der Waals surface area contributed by atoms with Crippen LogP contribution in [0.4, 0.5) is 5.82 Å². The molecule has 1 heterocycles. The number of nitrogen functional groups attached to an aromatic ring is 1. The molecular formula is C14H18N2O2. The SMILES string of the molecule is COc1cc(C)c(-c2cc(N)no2)cc1C(C)C. The van der Waals surface area contributed by atoms with Gasteiger partial charge in [-0.25, -0.2) is 0 Å². The van der Waals surface area contributed by atoms with Crippen molar-refractivity contribution >= 4 is 5.82 Å². The lowest BCUT2D eigenvalue weighted by Crippen LogP contribution is -1.96. The molecule has 0 unspecified atom stereocenters. The number of ether oxygens (including phenoxy) is 1. The predicted octanol–water partition coefficient (Wildman–Crippen LogP) is 3.36. The van der Waals surface area contributed by atoms with Crippen LogP contribution in [0.15, 0.2) is 22.7 Å². The molecule has 0 spiro atoms. The minimum Gasteiger partial charge on any atom is -0.496 e. The number of methoxy groups -OCH3 is 1. The molecule has 0 atom stereocenters. The highest BCUT2D eigenvalue weighted by Gasteiger charge is 2.14. The summed E-state index contributed by atoms with van der Waals surface area (Å²) in [6.07, 6.45) is 0. The molecule has 0 bridgehead atoms. The van der Waals surface area contributed by atoms with Crippen LogP contribution in [-0.2, 0) is 0 Å². The van der Waals surface area contributed by atoms with Crippen LogP contribution < -0.4 is 10.5 Å². The highest BCUT2D eigenvalue weighted by atomic mass is 16.5. The zero-order valence-electron chi connectivity index (χ0n) is 11.2. The monoisotopic (exact) mass is 246 g/mol. The number of hydrogen-bond acceptors (Lipinski definition) is 4. The van der Waals surface area contributed by atoms with Crippen LogP contribution in [0.2, 0.25) is 0 Å². The van der Waals surface area contributed by atoms with E-state index in [4.69, 9.17) is 15.0 Å². The Balaban J connectivity index is 2.58. The smallest absolute Gasteiger partial charge is 0.169 e. The van der Waals surface area contributed by atoms with Gasteiger partial charge in [0, 0.05) is 11.6 Å². The van der Waals surface area contributed by atoms with Crippen LogP contribution in [0, 0.1) is 6.92 Å². The van der Waals surface area contributed by atoms with E-state index in [2.05, 4.69) is 25.1 Å². The van der Waals surface area contributed by atoms with E-state index in [1.807, 2.05) is 13.0 Å². The Bertz CT molecular complexity index is 559. The van der Waals surface area contributed by atoms with Crippen LogP contribution in [-0.4, -0.2) is 12.3 Å². The van der Waals surface area contributed by atoms with E-state index >= 15 is 0 Å². The fraction of sp³-hybridized carbons (Fsp3) is 0.357. The molecular weight excluding hydrogens is 228 g/mol. The Kier molecular flexibility index (Phi) is 3.28. The third kappa shape index (κ3) is 2.18. The van der Waals surface area contributed by atoms with Crippen molar-refractivity contribution in [1.82, 2.24) is 5.16 Å². The van der Waals surface area contributed by atoms with E-state index in [-0.39, 0.29) is 0 Å². The second kappa shape index (κ2) is 4.72. The minimum absolute atomic E-state index is 0.375. The highest BCUT2D eigenvalue weighted by molar-refractivity contribution is 5.67. The number of nitrogens with zero attached hydrogens (tertiary/aromatic N) is 1. The van der Waals surface area contributed by atoms with Gasteiger partial charge in [-0.1, -0.05) is 19.0 Å². The normalized spacial score (nSPS) is 10.9. The molecule has 0 saturated heterocycles. The molecule has 0 saturated carbocycles. The number of aromatic nitrogens is 1. The van der Waals surface area contributed by atoms with Gasteiger partial charge in [-0.15, -0.1) is 0 Å². The lowest BCUT2D eigenvalue weighted by molar-refractivity contribution is 0.407. The van der Waals surface area contributed by atoms with E-state index in [9.17, 15) is 0 Å². The van der Waals surface area contributed by atoms with Gasteiger partial charge in [-0.2, -0.15) is 0 Å². The first-order chi connectivity index (χ1) is 8.52. The number of nitrogens with two attached hydrogens (primary N) is 1. The molecule has 1 aromatic heterocycles. The Morgan fingerprint density at radius 3 is 2.50 bits per heavy atom. The summed E-state index contributed by atoms with van der Waals surface area (Å²) in [5, 5.41) is 3.72. The third-order valence-electron chi connectivity index (χ3n) is 2.99. The van der Waals surface area contributed by atoms with Gasteiger partial charge < -0.3 is 15.0 Å². The van der Waals surface area contributed by atoms with Crippen molar-refractivity contribution in [3.8, 4) is 17.1 Å². The van der Waals surface area contributed by atoms with Crippen molar-refractivity contribution in [2.24, 2.45) is 0 Å². The summed E-state index contributed by atoms with van der Waals surface area (Å²) in [6.45, 7) is 6.28. The van der Waals surface area contributed by atoms with Gasteiger partial charge >= 0.3 is 0 Å². The quantitative estimate of drug-likeness (QED) is 0.902. The van der Waals surface area contributed by atoms with Crippen LogP contribution in [0.25, 0.3) is 11.3 Å². The van der Waals surface area contributed by atoms with E-state index in [0.717, 1.165) is 22.4 Å². The number of rotatable bonds is 3. The average molecular weight is 246 g/mol. The van der Waals surface area contributed by atoms with Gasteiger partial charge in [0.2, 0.25) is 0 Å². The summed E-state index contributed by atoms with van der Waals surface area (Å²) in [5.41, 5.74) is 8.82. The maximum Gasteiger partial charge on any atom is 0.169 e. The number of benzene rings is 1. The molecule has 0 aliphatic rings. The molecule has 0 aliphatic heterocycles. The van der Waals surface area contributed by atoms with Gasteiger partial charge in [0.05, 0.1) is 7.11 Å². The molecule has 4 heteroatoms. The van der Waals surface area contributed by atoms with Crippen molar-refractivity contribution in [3.05, 3.63) is 29.3 Å². The first-order valence-corrected chi connectivity index (χ1v) is 5.94. The Hall–Kier alpha value is -1.97. The molecule has 0 aliphatic carbocycles. The number of hydrogen-bond donors (Lipinski definition) is 1. The van der Waals surface area contributed by atoms with Crippen LogP contribution in [0.5, 0.6) is 5.75 Å². The predicted molar refractivity (Wildman–Crippen MR) is 71.7 cm³/mol. The van der Waals surface area contributed by atoms with Crippen LogP contribution >= 0.6 is 0 Å². The maximum atomic E-state index is 5.59. The molecule has 0 fully saturated rings. The van der Waals surface area contributed by atoms with Gasteiger partial charge in [0.25, 0.3) is 0 Å². The second-order valence-electron chi connectivity index (χ2n) is 4.68. The zero-order chi connectivity index (χ0) is 13.3. The Morgan fingerprint density at radius 2 is 2.00 bits per heavy atom. The summed E-state index contributed by atoms with van der Waals surface area (Å²) >= 11 is 0. The first kappa shape index (κ1) is 12.5. The van der Waals surface area contributed by atoms with Crippen molar-refractivity contribution in [2.75, 3.05) is 12.8 Å². The average Bonchev–Trinajstić information content (AvgIpc) is 2.74. The van der Waals surface area contributed by atoms with Gasteiger partial charge in [-0.05, 0) is 36.1 Å². The lowest BCUT2D eigenvalue weighted by Gasteiger charge is -2.14. The van der Waals surface area contributed by atoms with E-state index in [1.54, 1.807) is 13.2 Å². The standard InChI is InChI=1S/C14H18N2O2/c1-8(2)10-6-11(9(3)5-12(10)17-4)13-7-14(15)16-18-13/h5-8H,1-4H3,(H2,15,16). The summed E-state index contributed by atoms with van der Waals surface area (Å²) in [4.78, 5) is 0.